The monoisotopic (exact) mass is 635 g/mol. The minimum Gasteiger partial charge on any atom is -0.390 e. The van der Waals surface area contributed by atoms with E-state index in [0.717, 1.165) is 55.8 Å². The number of aliphatic hydroxyl groups is 1. The van der Waals surface area contributed by atoms with Crippen molar-refractivity contribution in [2.45, 2.75) is 37.3 Å². The van der Waals surface area contributed by atoms with Gasteiger partial charge in [0.05, 0.1) is 22.5 Å². The minimum atomic E-state index is -0.920. The third-order valence-corrected chi connectivity index (χ3v) is 10.4. The average Bonchev–Trinajstić information content (AvgIpc) is 3.83. The first-order valence-corrected chi connectivity index (χ1v) is 16.6. The van der Waals surface area contributed by atoms with E-state index >= 15 is 0 Å². The Balaban J connectivity index is 1.17. The Morgan fingerprint density at radius 2 is 1.77 bits per heavy atom. The molecule has 1 saturated carbocycles. The van der Waals surface area contributed by atoms with Gasteiger partial charge in [-0.1, -0.05) is 66.7 Å². The number of hydrogen-bond acceptors (Lipinski definition) is 7. The topological polar surface area (TPSA) is 101 Å². The van der Waals surface area contributed by atoms with Crippen LogP contribution in [0.4, 0.5) is 0 Å². The summed E-state index contributed by atoms with van der Waals surface area (Å²) in [5.74, 6) is -1.05. The van der Waals surface area contributed by atoms with E-state index in [-0.39, 0.29) is 18.1 Å². The number of carbonyl (C=O) groups excluding carboxylic acids is 2. The minimum absolute atomic E-state index is 0.0809. The number of pyridine rings is 1. The maximum atomic E-state index is 13.7. The van der Waals surface area contributed by atoms with E-state index in [2.05, 4.69) is 23.6 Å². The van der Waals surface area contributed by atoms with Gasteiger partial charge in [-0.3, -0.25) is 9.59 Å². The number of allylic oxidation sites excluding steroid dienone is 2. The predicted octanol–water partition coefficient (Wildman–Crippen LogP) is 6.95. The number of amides is 1. The van der Waals surface area contributed by atoms with Gasteiger partial charge in [0.1, 0.15) is 5.92 Å². The van der Waals surface area contributed by atoms with Gasteiger partial charge in [0.2, 0.25) is 5.91 Å². The normalized spacial score (nSPS) is 23.7. The summed E-state index contributed by atoms with van der Waals surface area (Å²) in [5, 5.41) is 20.8. The molecule has 1 N–H and O–H groups in total. The van der Waals surface area contributed by atoms with Crippen LogP contribution in [0.1, 0.15) is 31.7 Å². The van der Waals surface area contributed by atoms with Gasteiger partial charge in [0, 0.05) is 65.2 Å². The molecule has 8 nitrogen and oxygen atoms in total. The summed E-state index contributed by atoms with van der Waals surface area (Å²) >= 11 is 1.63. The van der Waals surface area contributed by atoms with Gasteiger partial charge >= 0.3 is 0 Å². The average molecular weight is 636 g/mol. The van der Waals surface area contributed by atoms with Gasteiger partial charge in [-0.05, 0) is 41.1 Å². The van der Waals surface area contributed by atoms with Crippen LogP contribution in [0.2, 0.25) is 0 Å². The van der Waals surface area contributed by atoms with Crippen LogP contribution in [0.25, 0.3) is 50.3 Å². The fourth-order valence-electron chi connectivity index (χ4n) is 7.60. The molecule has 47 heavy (non-hydrogen) atoms. The molecule has 2 aliphatic carbocycles. The number of benzene rings is 2. The van der Waals surface area contributed by atoms with Crippen molar-refractivity contribution in [3.63, 3.8) is 0 Å². The standard InChI is InChI=1S/C38H29N5O3S/c1-37(46)21-38(22-37,42-19-25-8-5-9-31(44)33(25)36(42)45)28-12-10-24(11-13-28)34-29(23-6-3-2-4-7-23)16-27-18-39-32-17-30(26-14-15-47-20-26)41-43(32)35(27)40-34/h2-8,10-20,33,46H,9,21-22H2,1H3/t33?,37-,38-. The third-order valence-electron chi connectivity index (χ3n) is 9.71. The Hall–Kier alpha value is -5.25. The lowest BCUT2D eigenvalue weighted by atomic mass is 9.61. The maximum absolute atomic E-state index is 13.7. The molecule has 2 aromatic carbocycles. The quantitative estimate of drug-likeness (QED) is 0.206. The number of hydrogen-bond donors (Lipinski definition) is 1. The molecule has 3 aliphatic rings. The zero-order chi connectivity index (χ0) is 31.9. The summed E-state index contributed by atoms with van der Waals surface area (Å²) in [7, 11) is 0. The molecule has 0 radical (unpaired) electrons. The van der Waals surface area contributed by atoms with Crippen LogP contribution in [0.5, 0.6) is 0 Å². The highest BCUT2D eigenvalue weighted by Gasteiger charge is 2.59. The molecule has 4 aromatic heterocycles. The largest absolute Gasteiger partial charge is 0.390 e. The summed E-state index contributed by atoms with van der Waals surface area (Å²) in [6.07, 6.45) is 8.37. The predicted molar refractivity (Wildman–Crippen MR) is 181 cm³/mol. The molecule has 6 aromatic rings. The van der Waals surface area contributed by atoms with E-state index in [1.54, 1.807) is 23.2 Å². The number of Topliss-reactive ketones (excluding diaryl/α,β-unsaturated/α-hetero) is 1. The van der Waals surface area contributed by atoms with Gasteiger partial charge in [-0.15, -0.1) is 0 Å². The van der Waals surface area contributed by atoms with Gasteiger partial charge in [-0.25, -0.2) is 9.97 Å². The summed E-state index contributed by atoms with van der Waals surface area (Å²) in [5.41, 5.74) is 6.98. The highest BCUT2D eigenvalue weighted by Crippen LogP contribution is 2.55. The molecule has 1 amide bonds. The number of aromatic nitrogens is 4. The molecule has 9 rings (SSSR count). The van der Waals surface area contributed by atoms with Crippen molar-refractivity contribution in [3.8, 4) is 33.6 Å². The fourth-order valence-corrected chi connectivity index (χ4v) is 8.25. The first kappa shape index (κ1) is 28.0. The van der Waals surface area contributed by atoms with Crippen LogP contribution in [0.3, 0.4) is 0 Å². The molecule has 0 bridgehead atoms. The highest BCUT2D eigenvalue weighted by molar-refractivity contribution is 7.08. The van der Waals surface area contributed by atoms with Crippen molar-refractivity contribution in [1.29, 1.82) is 0 Å². The molecular weight excluding hydrogens is 607 g/mol. The maximum Gasteiger partial charge on any atom is 0.242 e. The SMILES string of the molecule is C[C@]1(O)C[C@](c2ccc(-c3nc4c(cnc5cc(-c6ccsc6)nn54)cc3-c3ccccc3)cc2)(N2C=C3C=CCC(=O)C3C2=O)C1. The van der Waals surface area contributed by atoms with Gasteiger partial charge < -0.3 is 10.0 Å². The molecule has 0 saturated heterocycles. The lowest BCUT2D eigenvalue weighted by molar-refractivity contribution is -0.159. The summed E-state index contributed by atoms with van der Waals surface area (Å²) in [6, 6.07) is 24.4. The van der Waals surface area contributed by atoms with Crippen LogP contribution in [0, 0.1) is 5.92 Å². The summed E-state index contributed by atoms with van der Waals surface area (Å²) < 4.78 is 1.81. The lowest BCUT2D eigenvalue weighted by Gasteiger charge is -2.56. The second kappa shape index (κ2) is 10.1. The van der Waals surface area contributed by atoms with E-state index in [4.69, 9.17) is 15.1 Å². The third kappa shape index (κ3) is 4.34. The van der Waals surface area contributed by atoms with Crippen LogP contribution < -0.4 is 0 Å². The Morgan fingerprint density at radius 3 is 2.49 bits per heavy atom. The van der Waals surface area contributed by atoms with Crippen molar-refractivity contribution >= 4 is 39.7 Å². The molecule has 5 heterocycles. The molecule has 1 fully saturated rings. The van der Waals surface area contributed by atoms with Crippen molar-refractivity contribution in [2.24, 2.45) is 5.92 Å². The Kier molecular flexibility index (Phi) is 6.03. The van der Waals surface area contributed by atoms with Gasteiger partial charge in [0.15, 0.2) is 17.1 Å². The van der Waals surface area contributed by atoms with Crippen LogP contribution >= 0.6 is 11.3 Å². The van der Waals surface area contributed by atoms with Crippen LogP contribution in [-0.2, 0) is 15.1 Å². The second-order valence-corrected chi connectivity index (χ2v) is 13.8. The van der Waals surface area contributed by atoms with Crippen molar-refractivity contribution in [3.05, 3.63) is 119 Å². The first-order chi connectivity index (χ1) is 22.8. The number of nitrogens with zero attached hydrogens (tertiary/aromatic N) is 5. The van der Waals surface area contributed by atoms with E-state index in [9.17, 15) is 14.7 Å². The zero-order valence-corrected chi connectivity index (χ0v) is 26.3. The Labute approximate surface area is 274 Å². The summed E-state index contributed by atoms with van der Waals surface area (Å²) in [4.78, 5) is 38.1. The molecule has 9 heteroatoms. The molecule has 1 atom stereocenters. The summed E-state index contributed by atoms with van der Waals surface area (Å²) in [6.45, 7) is 1.80. The zero-order valence-electron chi connectivity index (χ0n) is 25.5. The fraction of sp³-hybridized carbons (Fsp3) is 0.184. The van der Waals surface area contributed by atoms with Crippen molar-refractivity contribution < 1.29 is 14.7 Å². The Morgan fingerprint density at radius 1 is 0.957 bits per heavy atom. The number of fused-ring (bicyclic) bond motifs is 4. The van der Waals surface area contributed by atoms with E-state index in [0.29, 0.717) is 18.5 Å². The van der Waals surface area contributed by atoms with E-state index < -0.39 is 17.1 Å². The Bertz CT molecular complexity index is 2300. The number of thiophene rings is 1. The molecule has 0 spiro atoms. The highest BCUT2D eigenvalue weighted by atomic mass is 32.1. The van der Waals surface area contributed by atoms with Gasteiger partial charge in [0.25, 0.3) is 0 Å². The number of ketones is 1. The van der Waals surface area contributed by atoms with E-state index in [1.807, 2.05) is 89.0 Å². The number of rotatable bonds is 5. The molecule has 230 valence electrons. The van der Waals surface area contributed by atoms with Crippen LogP contribution in [0.15, 0.2) is 114 Å². The molecule has 1 unspecified atom stereocenters. The molecular formula is C38H29N5O3S. The smallest absolute Gasteiger partial charge is 0.242 e. The van der Waals surface area contributed by atoms with Crippen molar-refractivity contribution in [2.75, 3.05) is 0 Å². The van der Waals surface area contributed by atoms with Gasteiger partial charge in [-0.2, -0.15) is 21.0 Å². The lowest BCUT2D eigenvalue weighted by Crippen LogP contribution is -2.61. The molecule has 1 aliphatic heterocycles. The second-order valence-electron chi connectivity index (χ2n) is 13.0. The van der Waals surface area contributed by atoms with E-state index in [1.165, 1.54) is 0 Å². The van der Waals surface area contributed by atoms with Crippen molar-refractivity contribution in [1.82, 2.24) is 24.5 Å². The number of carbonyl (C=O) groups is 2. The first-order valence-electron chi connectivity index (χ1n) is 15.6. The van der Waals surface area contributed by atoms with Crippen LogP contribution in [-0.4, -0.2) is 46.9 Å².